The molecule has 1 aliphatic rings. The number of rotatable bonds is 5. The van der Waals surface area contributed by atoms with Crippen LogP contribution in [0, 0.1) is 0 Å². The SMILES string of the molecule is C=O.CCCNCc1cncc(N2C(=O)c3ccc(Cl)cc3C2(C)C)c1. The maximum atomic E-state index is 12.9. The molecule has 0 fully saturated rings. The number of amides is 1. The highest BCUT2D eigenvalue weighted by Crippen LogP contribution is 2.42. The van der Waals surface area contributed by atoms with Gasteiger partial charge >= 0.3 is 0 Å². The number of benzene rings is 1. The van der Waals surface area contributed by atoms with Crippen molar-refractivity contribution >= 4 is 30.0 Å². The van der Waals surface area contributed by atoms with Gasteiger partial charge in [-0.2, -0.15) is 0 Å². The van der Waals surface area contributed by atoms with Gasteiger partial charge in [0.1, 0.15) is 6.79 Å². The Kier molecular flexibility index (Phi) is 6.51. The van der Waals surface area contributed by atoms with Crippen LogP contribution in [0.1, 0.15) is 48.7 Å². The Labute approximate surface area is 159 Å². The molecule has 1 aliphatic heterocycles. The molecule has 1 aromatic heterocycles. The largest absolute Gasteiger partial charge is 0.313 e. The highest BCUT2D eigenvalue weighted by molar-refractivity contribution is 6.31. The first kappa shape index (κ1) is 20.1. The van der Waals surface area contributed by atoms with Gasteiger partial charge in [-0.05, 0) is 62.2 Å². The predicted molar refractivity (Wildman–Crippen MR) is 105 cm³/mol. The topological polar surface area (TPSA) is 62.3 Å². The Morgan fingerprint density at radius 1 is 1.23 bits per heavy atom. The highest BCUT2D eigenvalue weighted by Gasteiger charge is 2.44. The van der Waals surface area contributed by atoms with Crippen LogP contribution in [0.4, 0.5) is 5.69 Å². The first-order valence-corrected chi connectivity index (χ1v) is 8.91. The number of carbonyl (C=O) groups is 2. The monoisotopic (exact) mass is 373 g/mol. The molecular formula is C20H24ClN3O2. The number of carbonyl (C=O) groups excluding carboxylic acids is 2. The Bertz CT molecular complexity index is 792. The third-order valence-electron chi connectivity index (χ3n) is 4.43. The number of hydrogen-bond acceptors (Lipinski definition) is 4. The van der Waals surface area contributed by atoms with Crippen LogP contribution in [0.2, 0.25) is 5.02 Å². The molecule has 0 spiro atoms. The van der Waals surface area contributed by atoms with Gasteiger partial charge in [-0.25, -0.2) is 0 Å². The Hall–Kier alpha value is -2.24. The van der Waals surface area contributed by atoms with Crippen LogP contribution >= 0.6 is 11.6 Å². The van der Waals surface area contributed by atoms with E-state index < -0.39 is 5.54 Å². The van der Waals surface area contributed by atoms with Crippen molar-refractivity contribution in [1.29, 1.82) is 0 Å². The van der Waals surface area contributed by atoms with Gasteiger partial charge in [0.15, 0.2) is 0 Å². The fraction of sp³-hybridized carbons (Fsp3) is 0.350. The average molecular weight is 374 g/mol. The number of pyridine rings is 1. The van der Waals surface area contributed by atoms with E-state index in [1.807, 2.05) is 49.9 Å². The van der Waals surface area contributed by atoms with Gasteiger partial charge in [-0.15, -0.1) is 0 Å². The van der Waals surface area contributed by atoms with Crippen LogP contribution in [0.5, 0.6) is 0 Å². The lowest BCUT2D eigenvalue weighted by molar-refractivity contribution is -0.0980. The van der Waals surface area contributed by atoms with Gasteiger partial charge in [0.2, 0.25) is 0 Å². The molecule has 0 aliphatic carbocycles. The van der Waals surface area contributed by atoms with E-state index in [1.165, 1.54) is 0 Å². The molecule has 26 heavy (non-hydrogen) atoms. The number of fused-ring (bicyclic) bond motifs is 1. The van der Waals surface area contributed by atoms with E-state index in [9.17, 15) is 4.79 Å². The van der Waals surface area contributed by atoms with Gasteiger partial charge in [0.05, 0.1) is 17.4 Å². The average Bonchev–Trinajstić information content (AvgIpc) is 2.83. The van der Waals surface area contributed by atoms with Crippen LogP contribution in [0.25, 0.3) is 0 Å². The van der Waals surface area contributed by atoms with Crippen molar-refractivity contribution in [1.82, 2.24) is 10.3 Å². The zero-order chi connectivity index (χ0) is 19.3. The molecule has 0 unspecified atom stereocenters. The first-order chi connectivity index (χ1) is 12.4. The summed E-state index contributed by atoms with van der Waals surface area (Å²) in [5, 5.41) is 4.01. The van der Waals surface area contributed by atoms with Gasteiger partial charge in [-0.1, -0.05) is 18.5 Å². The quantitative estimate of drug-likeness (QED) is 0.806. The number of nitrogens with one attached hydrogen (secondary N) is 1. The van der Waals surface area contributed by atoms with Crippen molar-refractivity contribution in [2.24, 2.45) is 0 Å². The van der Waals surface area contributed by atoms with Crippen LogP contribution < -0.4 is 10.2 Å². The maximum Gasteiger partial charge on any atom is 0.259 e. The number of halogens is 1. The summed E-state index contributed by atoms with van der Waals surface area (Å²) in [5.41, 5.74) is 3.08. The summed E-state index contributed by atoms with van der Waals surface area (Å²) < 4.78 is 0. The van der Waals surface area contributed by atoms with Gasteiger partial charge < -0.3 is 10.1 Å². The third kappa shape index (κ3) is 3.79. The molecular weight excluding hydrogens is 350 g/mol. The van der Waals surface area contributed by atoms with E-state index in [0.717, 1.165) is 36.3 Å². The standard InChI is InChI=1S/C19H22ClN3O.CH2O/c1-4-7-21-10-13-8-15(12-22-11-13)23-18(24)16-6-5-14(20)9-17(16)19(23,2)3;1-2/h5-6,8-9,11-12,21H,4,7,10H2,1-3H3;1H2. The summed E-state index contributed by atoms with van der Waals surface area (Å²) in [6.07, 6.45) is 4.67. The second-order valence-corrected chi connectivity index (χ2v) is 7.05. The molecule has 0 radical (unpaired) electrons. The lowest BCUT2D eigenvalue weighted by Gasteiger charge is -2.32. The molecule has 0 saturated carbocycles. The van der Waals surface area contributed by atoms with Crippen molar-refractivity contribution in [3.63, 3.8) is 0 Å². The lowest BCUT2D eigenvalue weighted by Crippen LogP contribution is -2.39. The zero-order valence-electron chi connectivity index (χ0n) is 15.4. The van der Waals surface area contributed by atoms with Crippen molar-refractivity contribution in [3.8, 4) is 0 Å². The van der Waals surface area contributed by atoms with Crippen molar-refractivity contribution in [2.45, 2.75) is 39.3 Å². The minimum Gasteiger partial charge on any atom is -0.313 e. The maximum absolute atomic E-state index is 12.9. The smallest absolute Gasteiger partial charge is 0.259 e. The van der Waals surface area contributed by atoms with Crippen molar-refractivity contribution in [3.05, 3.63) is 58.4 Å². The molecule has 0 atom stereocenters. The molecule has 3 rings (SSSR count). The number of aromatic nitrogens is 1. The first-order valence-electron chi connectivity index (χ1n) is 8.53. The van der Waals surface area contributed by atoms with Gasteiger partial charge in [0.25, 0.3) is 5.91 Å². The van der Waals surface area contributed by atoms with Crippen LogP contribution in [-0.4, -0.2) is 24.2 Å². The summed E-state index contributed by atoms with van der Waals surface area (Å²) in [4.78, 5) is 27.1. The van der Waals surface area contributed by atoms with E-state index in [0.29, 0.717) is 10.6 Å². The molecule has 1 aromatic carbocycles. The summed E-state index contributed by atoms with van der Waals surface area (Å²) in [6, 6.07) is 7.49. The van der Waals surface area contributed by atoms with Crippen molar-refractivity contribution < 1.29 is 9.59 Å². The summed E-state index contributed by atoms with van der Waals surface area (Å²) in [6.45, 7) is 9.91. The predicted octanol–water partition coefficient (Wildman–Crippen LogP) is 3.95. The Balaban J connectivity index is 0.00000117. The number of hydrogen-bond donors (Lipinski definition) is 1. The fourth-order valence-electron chi connectivity index (χ4n) is 3.25. The van der Waals surface area contributed by atoms with E-state index in [4.69, 9.17) is 16.4 Å². The van der Waals surface area contributed by atoms with Crippen LogP contribution in [-0.2, 0) is 16.9 Å². The molecule has 5 nitrogen and oxygen atoms in total. The minimum atomic E-state index is -0.464. The van der Waals surface area contributed by atoms with Crippen molar-refractivity contribution in [2.75, 3.05) is 11.4 Å². The molecule has 6 heteroatoms. The summed E-state index contributed by atoms with van der Waals surface area (Å²) in [5.74, 6) is -0.00728. The third-order valence-corrected chi connectivity index (χ3v) is 4.66. The molecule has 0 bridgehead atoms. The van der Waals surface area contributed by atoms with Crippen LogP contribution in [0.15, 0.2) is 36.7 Å². The highest BCUT2D eigenvalue weighted by atomic mass is 35.5. The number of nitrogens with zero attached hydrogens (tertiary/aromatic N) is 2. The molecule has 2 aromatic rings. The minimum absolute atomic E-state index is 0.00728. The second kappa shape index (κ2) is 8.43. The van der Waals surface area contributed by atoms with Gasteiger partial charge in [-0.3, -0.25) is 14.7 Å². The second-order valence-electron chi connectivity index (χ2n) is 6.62. The van der Waals surface area contributed by atoms with E-state index in [2.05, 4.69) is 17.2 Å². The Morgan fingerprint density at radius 2 is 1.96 bits per heavy atom. The van der Waals surface area contributed by atoms with Crippen LogP contribution in [0.3, 0.4) is 0 Å². The molecule has 0 saturated heterocycles. The lowest BCUT2D eigenvalue weighted by atomic mass is 9.93. The van der Waals surface area contributed by atoms with E-state index in [1.54, 1.807) is 12.3 Å². The molecule has 138 valence electrons. The van der Waals surface area contributed by atoms with E-state index in [-0.39, 0.29) is 5.91 Å². The summed E-state index contributed by atoms with van der Waals surface area (Å²) in [7, 11) is 0. The zero-order valence-corrected chi connectivity index (χ0v) is 16.1. The molecule has 2 heterocycles. The fourth-order valence-corrected chi connectivity index (χ4v) is 3.42. The molecule has 1 amide bonds. The van der Waals surface area contributed by atoms with E-state index >= 15 is 0 Å². The summed E-state index contributed by atoms with van der Waals surface area (Å²) >= 11 is 6.14. The number of anilines is 1. The normalized spacial score (nSPS) is 14.6. The molecule has 1 N–H and O–H groups in total. The van der Waals surface area contributed by atoms with Gasteiger partial charge in [0, 0.05) is 23.3 Å². The Morgan fingerprint density at radius 3 is 2.65 bits per heavy atom.